The first-order valence-corrected chi connectivity index (χ1v) is 12.1. The molecule has 0 unspecified atom stereocenters. The Hall–Kier alpha value is -3.02. The first-order valence-electron chi connectivity index (χ1n) is 9.78. The molecule has 11 heteroatoms. The number of methoxy groups -OCH3 is 1. The molecule has 9 nitrogen and oxygen atoms in total. The summed E-state index contributed by atoms with van der Waals surface area (Å²) < 4.78 is 35.7. The zero-order valence-corrected chi connectivity index (χ0v) is 19.2. The average Bonchev–Trinajstić information content (AvgIpc) is 3.09. The molecule has 0 aliphatic heterocycles. The number of rotatable bonds is 8. The highest BCUT2D eigenvalue weighted by atomic mass is 32.2. The number of carbonyl (C=O) groups is 2. The van der Waals surface area contributed by atoms with Crippen molar-refractivity contribution in [2.24, 2.45) is 10.1 Å². The summed E-state index contributed by atoms with van der Waals surface area (Å²) in [6, 6.07) is 10.9. The van der Waals surface area contributed by atoms with Gasteiger partial charge in [0.15, 0.2) is 4.80 Å². The number of ether oxygens (including phenoxy) is 2. The lowest BCUT2D eigenvalue weighted by molar-refractivity contribution is -0.141. The van der Waals surface area contributed by atoms with Gasteiger partial charge in [-0.25, -0.2) is 13.6 Å². The molecule has 0 radical (unpaired) electrons. The van der Waals surface area contributed by atoms with E-state index in [0.717, 1.165) is 24.2 Å². The van der Waals surface area contributed by atoms with Gasteiger partial charge in [0.2, 0.25) is 10.0 Å². The van der Waals surface area contributed by atoms with Gasteiger partial charge in [-0.3, -0.25) is 9.59 Å². The fourth-order valence-corrected chi connectivity index (χ4v) is 4.52. The van der Waals surface area contributed by atoms with Crippen molar-refractivity contribution in [1.29, 1.82) is 0 Å². The number of nitrogens with two attached hydrogens (primary N) is 1. The van der Waals surface area contributed by atoms with Crippen LogP contribution in [0.25, 0.3) is 10.2 Å². The second kappa shape index (κ2) is 10.1. The third kappa shape index (κ3) is 5.61. The molecular weight excluding hydrogens is 454 g/mol. The summed E-state index contributed by atoms with van der Waals surface area (Å²) >= 11 is 1.07. The normalized spacial score (nSPS) is 12.2. The maximum Gasteiger partial charge on any atom is 0.325 e. The lowest BCUT2D eigenvalue weighted by atomic mass is 10.2. The molecule has 170 valence electrons. The first kappa shape index (κ1) is 23.6. The minimum absolute atomic E-state index is 0.0759. The Morgan fingerprint density at radius 3 is 2.50 bits per heavy atom. The van der Waals surface area contributed by atoms with Crippen LogP contribution in [0.5, 0.6) is 5.75 Å². The van der Waals surface area contributed by atoms with Crippen LogP contribution >= 0.6 is 11.3 Å². The Balaban J connectivity index is 2.00. The van der Waals surface area contributed by atoms with Gasteiger partial charge in [-0.15, -0.1) is 0 Å². The second-order valence-electron chi connectivity index (χ2n) is 6.86. The zero-order chi connectivity index (χ0) is 23.3. The molecule has 1 heterocycles. The highest BCUT2D eigenvalue weighted by Gasteiger charge is 2.15. The van der Waals surface area contributed by atoms with Crippen LogP contribution in [-0.2, 0) is 26.1 Å². The minimum Gasteiger partial charge on any atom is -0.494 e. The lowest BCUT2D eigenvalue weighted by Gasteiger charge is -2.05. The van der Waals surface area contributed by atoms with Crippen LogP contribution in [0.1, 0.15) is 30.1 Å². The van der Waals surface area contributed by atoms with Crippen LogP contribution in [0, 0.1) is 0 Å². The number of aromatic nitrogens is 1. The molecule has 0 spiro atoms. The number of hydrogen-bond donors (Lipinski definition) is 1. The molecule has 0 aliphatic rings. The number of carbonyl (C=O) groups excluding carboxylic acids is 2. The molecule has 0 saturated carbocycles. The van der Waals surface area contributed by atoms with Gasteiger partial charge in [-0.05, 0) is 48.9 Å². The molecule has 2 N–H and O–H groups in total. The largest absolute Gasteiger partial charge is 0.494 e. The minimum atomic E-state index is -3.91. The van der Waals surface area contributed by atoms with Gasteiger partial charge in [0.05, 0.1) is 28.8 Å². The van der Waals surface area contributed by atoms with Gasteiger partial charge in [0.1, 0.15) is 12.3 Å². The van der Waals surface area contributed by atoms with Crippen LogP contribution < -0.4 is 14.7 Å². The first-order chi connectivity index (χ1) is 15.2. The molecule has 0 atom stereocenters. The van der Waals surface area contributed by atoms with Crippen molar-refractivity contribution in [2.45, 2.75) is 31.2 Å². The Morgan fingerprint density at radius 1 is 1.16 bits per heavy atom. The Bertz CT molecular complexity index is 1310. The Labute approximate surface area is 189 Å². The Kier molecular flexibility index (Phi) is 7.44. The molecule has 32 heavy (non-hydrogen) atoms. The van der Waals surface area contributed by atoms with Crippen molar-refractivity contribution >= 4 is 43.5 Å². The van der Waals surface area contributed by atoms with E-state index in [9.17, 15) is 18.0 Å². The molecule has 3 aromatic rings. The summed E-state index contributed by atoms with van der Waals surface area (Å²) in [5.41, 5.74) is 0.874. The van der Waals surface area contributed by atoms with Gasteiger partial charge in [0.25, 0.3) is 5.91 Å². The number of nitrogens with zero attached hydrogens (tertiary/aromatic N) is 2. The highest BCUT2D eigenvalue weighted by Crippen LogP contribution is 2.22. The Morgan fingerprint density at radius 2 is 1.88 bits per heavy atom. The number of thiazole rings is 1. The SMILES string of the molecule is CCCCOc1ccc(C(=O)N=c2sc3cc(S(N)(=O)=O)ccc3n2CC(=O)OC)cc1. The quantitative estimate of drug-likeness (QED) is 0.392. The zero-order valence-electron chi connectivity index (χ0n) is 17.6. The van der Waals surface area contributed by atoms with E-state index in [0.29, 0.717) is 28.1 Å². The standard InChI is InChI=1S/C21H23N3O6S2/c1-3-4-11-30-15-7-5-14(6-8-15)20(26)23-21-24(13-19(25)29-2)17-10-9-16(32(22,27)28)12-18(17)31-21/h5-10,12H,3-4,11,13H2,1-2H3,(H2,22,27,28). The van der Waals surface area contributed by atoms with E-state index in [1.54, 1.807) is 24.3 Å². The number of unbranched alkanes of at least 4 members (excludes halogenated alkanes) is 1. The van der Waals surface area contributed by atoms with Crippen LogP contribution in [0.15, 0.2) is 52.4 Å². The van der Waals surface area contributed by atoms with Gasteiger partial charge >= 0.3 is 5.97 Å². The van der Waals surface area contributed by atoms with Gasteiger partial charge in [-0.2, -0.15) is 4.99 Å². The second-order valence-corrected chi connectivity index (χ2v) is 9.44. The summed E-state index contributed by atoms with van der Waals surface area (Å²) in [5.74, 6) is -0.391. The predicted octanol–water partition coefficient (Wildman–Crippen LogP) is 2.44. The van der Waals surface area contributed by atoms with E-state index in [1.165, 1.54) is 29.9 Å². The van der Waals surface area contributed by atoms with Crippen LogP contribution in [0.3, 0.4) is 0 Å². The number of primary sulfonamides is 1. The number of benzene rings is 2. The molecule has 0 bridgehead atoms. The molecular formula is C21H23N3O6S2. The third-order valence-electron chi connectivity index (χ3n) is 4.56. The average molecular weight is 478 g/mol. The number of fused-ring (bicyclic) bond motifs is 1. The van der Waals surface area contributed by atoms with Crippen molar-refractivity contribution in [3.05, 3.63) is 52.8 Å². The van der Waals surface area contributed by atoms with Crippen molar-refractivity contribution in [3.63, 3.8) is 0 Å². The van der Waals surface area contributed by atoms with E-state index in [4.69, 9.17) is 14.6 Å². The van der Waals surface area contributed by atoms with Crippen molar-refractivity contribution < 1.29 is 27.5 Å². The topological polar surface area (TPSA) is 130 Å². The van der Waals surface area contributed by atoms with E-state index < -0.39 is 21.9 Å². The van der Waals surface area contributed by atoms with Crippen LogP contribution in [0.2, 0.25) is 0 Å². The number of sulfonamides is 1. The summed E-state index contributed by atoms with van der Waals surface area (Å²) in [6.45, 7) is 2.48. The number of amides is 1. The molecule has 0 saturated heterocycles. The molecule has 0 aliphatic carbocycles. The molecule has 1 aromatic heterocycles. The summed E-state index contributed by atoms with van der Waals surface area (Å²) in [4.78, 5) is 29.0. The summed E-state index contributed by atoms with van der Waals surface area (Å²) in [5, 5.41) is 5.21. The lowest BCUT2D eigenvalue weighted by Crippen LogP contribution is -2.22. The highest BCUT2D eigenvalue weighted by molar-refractivity contribution is 7.89. The van der Waals surface area contributed by atoms with Gasteiger partial charge in [-0.1, -0.05) is 24.7 Å². The van der Waals surface area contributed by atoms with E-state index >= 15 is 0 Å². The number of hydrogen-bond acceptors (Lipinski definition) is 7. The fraction of sp³-hybridized carbons (Fsp3) is 0.286. The molecule has 3 rings (SSSR count). The summed E-state index contributed by atoms with van der Waals surface area (Å²) in [6.07, 6.45) is 1.96. The third-order valence-corrected chi connectivity index (χ3v) is 6.51. The molecule has 2 aromatic carbocycles. The van der Waals surface area contributed by atoms with Crippen molar-refractivity contribution in [3.8, 4) is 5.75 Å². The smallest absolute Gasteiger partial charge is 0.325 e. The van der Waals surface area contributed by atoms with E-state index in [2.05, 4.69) is 11.9 Å². The van der Waals surface area contributed by atoms with E-state index in [1.807, 2.05) is 0 Å². The number of esters is 1. The van der Waals surface area contributed by atoms with Gasteiger partial charge in [0, 0.05) is 5.56 Å². The molecule has 1 amide bonds. The van der Waals surface area contributed by atoms with Crippen LogP contribution in [0.4, 0.5) is 0 Å². The van der Waals surface area contributed by atoms with Crippen molar-refractivity contribution in [1.82, 2.24) is 4.57 Å². The van der Waals surface area contributed by atoms with Gasteiger partial charge < -0.3 is 14.0 Å². The monoisotopic (exact) mass is 477 g/mol. The van der Waals surface area contributed by atoms with Crippen molar-refractivity contribution in [2.75, 3.05) is 13.7 Å². The van der Waals surface area contributed by atoms with Crippen LogP contribution in [-0.4, -0.2) is 38.6 Å². The molecule has 0 fully saturated rings. The fourth-order valence-electron chi connectivity index (χ4n) is 2.84. The summed E-state index contributed by atoms with van der Waals surface area (Å²) in [7, 11) is -2.66. The maximum absolute atomic E-state index is 12.8. The predicted molar refractivity (Wildman–Crippen MR) is 120 cm³/mol. The van der Waals surface area contributed by atoms with E-state index in [-0.39, 0.29) is 16.2 Å². The maximum atomic E-state index is 12.8.